The van der Waals surface area contributed by atoms with Crippen molar-refractivity contribution < 1.29 is 0 Å². The molecule has 4 heteroatoms. The molecule has 0 aromatic carbocycles. The standard InChI is InChI=1S/C13H24S2Te2/c1-11(8-17-10-13-7-15-13)4-2-3-5-16-9-12-6-14-12/h11-13H,2-10H2,1H3. The summed E-state index contributed by atoms with van der Waals surface area (Å²) >= 11 is 5.19. The van der Waals surface area contributed by atoms with Crippen LogP contribution < -0.4 is 0 Å². The predicted octanol–water partition coefficient (Wildman–Crippen LogP) is 4.11. The second-order valence-electron chi connectivity index (χ2n) is 5.12. The topological polar surface area (TPSA) is 0 Å². The fourth-order valence-corrected chi connectivity index (χ4v) is 12.1. The summed E-state index contributed by atoms with van der Waals surface area (Å²) in [7, 11) is 0. The molecule has 3 unspecified atom stereocenters. The molecular formula is C13H24S2Te2. The number of unbranched alkanes of at least 4 members (excludes halogenated alkanes) is 1. The van der Waals surface area contributed by atoms with E-state index in [2.05, 4.69) is 30.4 Å². The molecule has 0 nitrogen and oxygen atoms in total. The molecule has 2 rings (SSSR count). The Morgan fingerprint density at radius 3 is 2.35 bits per heavy atom. The summed E-state index contributed by atoms with van der Waals surface area (Å²) in [6.45, 7) is 2.50. The van der Waals surface area contributed by atoms with E-state index in [0.717, 1.165) is 16.4 Å². The first-order valence-corrected chi connectivity index (χ1v) is 15.4. The van der Waals surface area contributed by atoms with Crippen molar-refractivity contribution in [2.75, 3.05) is 11.5 Å². The van der Waals surface area contributed by atoms with Gasteiger partial charge in [-0.3, -0.25) is 0 Å². The second-order valence-corrected chi connectivity index (χ2v) is 14.1. The van der Waals surface area contributed by atoms with E-state index in [4.69, 9.17) is 0 Å². The van der Waals surface area contributed by atoms with Crippen LogP contribution in [0.1, 0.15) is 26.2 Å². The minimum absolute atomic E-state index is 0.392. The number of thioether (sulfide) groups is 2. The van der Waals surface area contributed by atoms with Crippen LogP contribution in [0.4, 0.5) is 0 Å². The van der Waals surface area contributed by atoms with Crippen LogP contribution in [0.5, 0.6) is 0 Å². The summed E-state index contributed by atoms with van der Waals surface area (Å²) in [6, 6.07) is 0. The van der Waals surface area contributed by atoms with Crippen molar-refractivity contribution in [2.45, 2.75) is 54.6 Å². The third-order valence-corrected chi connectivity index (χ3v) is 13.9. The number of rotatable bonds is 11. The van der Waals surface area contributed by atoms with Crippen molar-refractivity contribution in [3.8, 4) is 0 Å². The second kappa shape index (κ2) is 9.26. The molecule has 0 aromatic rings. The molecule has 2 aliphatic rings. The predicted molar refractivity (Wildman–Crippen MR) is 86.2 cm³/mol. The average Bonchev–Trinajstić information content (AvgIpc) is 3.15. The van der Waals surface area contributed by atoms with Crippen LogP contribution in [0.2, 0.25) is 17.9 Å². The molecule has 0 N–H and O–H groups in total. The van der Waals surface area contributed by atoms with E-state index >= 15 is 0 Å². The van der Waals surface area contributed by atoms with Crippen LogP contribution in [0, 0.1) is 5.92 Å². The Morgan fingerprint density at radius 1 is 1.06 bits per heavy atom. The molecule has 2 heterocycles. The van der Waals surface area contributed by atoms with Crippen LogP contribution in [0.25, 0.3) is 0 Å². The molecule has 0 saturated carbocycles. The maximum absolute atomic E-state index is 2.50. The molecule has 2 saturated heterocycles. The van der Waals surface area contributed by atoms with Crippen molar-refractivity contribution in [1.29, 1.82) is 0 Å². The summed E-state index contributed by atoms with van der Waals surface area (Å²) in [4.78, 5) is 0. The first-order valence-electron chi connectivity index (χ1n) is 6.73. The Bertz CT molecular complexity index is 206. The molecule has 17 heavy (non-hydrogen) atoms. The van der Waals surface area contributed by atoms with Crippen molar-refractivity contribution in [3.05, 3.63) is 0 Å². The molecular weight excluding hydrogens is 475 g/mol. The van der Waals surface area contributed by atoms with E-state index < -0.39 is 0 Å². The summed E-state index contributed by atoms with van der Waals surface area (Å²) in [6.07, 6.45) is 4.63. The Morgan fingerprint density at radius 2 is 1.71 bits per heavy atom. The van der Waals surface area contributed by atoms with E-state index in [0.29, 0.717) is 41.8 Å². The summed E-state index contributed by atoms with van der Waals surface area (Å²) in [5.41, 5.74) is 0. The zero-order valence-electron chi connectivity index (χ0n) is 10.7. The SMILES string of the molecule is CC(CCCC[Te]CC1CS1)C[Te]CC1CS1. The van der Waals surface area contributed by atoms with Crippen molar-refractivity contribution in [1.82, 2.24) is 0 Å². The van der Waals surface area contributed by atoms with Gasteiger partial charge >= 0.3 is 137 Å². The fraction of sp³-hybridized carbons (Fsp3) is 1.00. The van der Waals surface area contributed by atoms with Crippen LogP contribution in [0.15, 0.2) is 0 Å². The van der Waals surface area contributed by atoms with Gasteiger partial charge in [0.1, 0.15) is 0 Å². The van der Waals surface area contributed by atoms with E-state index in [1.54, 1.807) is 24.3 Å². The Balaban J connectivity index is 1.30. The first-order chi connectivity index (χ1) is 8.34. The van der Waals surface area contributed by atoms with Gasteiger partial charge in [0.15, 0.2) is 0 Å². The van der Waals surface area contributed by atoms with Gasteiger partial charge < -0.3 is 0 Å². The van der Waals surface area contributed by atoms with Crippen LogP contribution >= 0.6 is 23.5 Å². The molecule has 0 radical (unpaired) electrons. The summed E-state index contributed by atoms with van der Waals surface area (Å²) in [5, 5.41) is 2.25. The van der Waals surface area contributed by atoms with E-state index in [-0.39, 0.29) is 0 Å². The van der Waals surface area contributed by atoms with Gasteiger partial charge in [-0.15, -0.1) is 0 Å². The van der Waals surface area contributed by atoms with Gasteiger partial charge in [0.2, 0.25) is 0 Å². The summed E-state index contributed by atoms with van der Waals surface area (Å²) in [5.74, 6) is 4.04. The molecule has 100 valence electrons. The molecule has 0 aromatic heterocycles. The molecule has 0 bridgehead atoms. The van der Waals surface area contributed by atoms with E-state index in [1.165, 1.54) is 24.3 Å². The Labute approximate surface area is 136 Å². The van der Waals surface area contributed by atoms with Gasteiger partial charge in [0, 0.05) is 0 Å². The summed E-state index contributed by atoms with van der Waals surface area (Å²) < 4.78 is 6.52. The Hall–Kier alpha value is 2.28. The molecule has 3 atom stereocenters. The van der Waals surface area contributed by atoms with Gasteiger partial charge in [-0.2, -0.15) is 0 Å². The van der Waals surface area contributed by atoms with Crippen LogP contribution in [-0.4, -0.2) is 63.9 Å². The van der Waals surface area contributed by atoms with Crippen molar-refractivity contribution in [2.24, 2.45) is 5.92 Å². The van der Waals surface area contributed by atoms with Crippen LogP contribution in [0.3, 0.4) is 0 Å². The fourth-order valence-electron chi connectivity index (χ4n) is 1.72. The number of hydrogen-bond donors (Lipinski definition) is 0. The minimum atomic E-state index is 0.392. The van der Waals surface area contributed by atoms with Crippen molar-refractivity contribution in [3.63, 3.8) is 0 Å². The van der Waals surface area contributed by atoms with Gasteiger partial charge in [-0.05, 0) is 0 Å². The number of hydrogen-bond acceptors (Lipinski definition) is 2. The monoisotopic (exact) mass is 504 g/mol. The van der Waals surface area contributed by atoms with E-state index in [9.17, 15) is 0 Å². The van der Waals surface area contributed by atoms with Crippen LogP contribution in [-0.2, 0) is 0 Å². The molecule has 2 fully saturated rings. The van der Waals surface area contributed by atoms with Gasteiger partial charge in [-0.25, -0.2) is 0 Å². The van der Waals surface area contributed by atoms with Gasteiger partial charge in [-0.1, -0.05) is 0 Å². The molecule has 0 aliphatic carbocycles. The molecule has 0 amide bonds. The molecule has 2 aliphatic heterocycles. The van der Waals surface area contributed by atoms with Crippen molar-refractivity contribution >= 4 is 65.4 Å². The molecule has 0 spiro atoms. The third kappa shape index (κ3) is 8.94. The Kier molecular flexibility index (Phi) is 8.53. The van der Waals surface area contributed by atoms with Gasteiger partial charge in [0.05, 0.1) is 0 Å². The third-order valence-electron chi connectivity index (χ3n) is 3.05. The average molecular weight is 500 g/mol. The van der Waals surface area contributed by atoms with E-state index in [1.807, 2.05) is 0 Å². The van der Waals surface area contributed by atoms with Gasteiger partial charge in [0.25, 0.3) is 0 Å². The first kappa shape index (κ1) is 15.7. The zero-order chi connectivity index (χ0) is 11.9. The normalized spacial score (nSPS) is 28.1. The maximum atomic E-state index is 2.50. The zero-order valence-corrected chi connectivity index (χ0v) is 17.0. The quantitative estimate of drug-likeness (QED) is 0.239.